The molecule has 1 amide bonds. The van der Waals surface area contributed by atoms with Gasteiger partial charge in [0, 0.05) is 38.3 Å². The van der Waals surface area contributed by atoms with Crippen LogP contribution in [0.1, 0.15) is 24.8 Å². The van der Waals surface area contributed by atoms with Crippen molar-refractivity contribution in [3.8, 4) is 0 Å². The molecule has 0 radical (unpaired) electrons. The van der Waals surface area contributed by atoms with Crippen molar-refractivity contribution in [2.24, 2.45) is 5.92 Å². The van der Waals surface area contributed by atoms with Gasteiger partial charge >= 0.3 is 6.18 Å². The van der Waals surface area contributed by atoms with Crippen molar-refractivity contribution in [3.63, 3.8) is 0 Å². The molecule has 0 spiro atoms. The smallest absolute Gasteiger partial charge is 0.354 e. The second-order valence-electron chi connectivity index (χ2n) is 5.97. The van der Waals surface area contributed by atoms with Gasteiger partial charge in [-0.2, -0.15) is 13.2 Å². The lowest BCUT2D eigenvalue weighted by molar-refractivity contribution is -0.137. The molecule has 0 bridgehead atoms. The van der Waals surface area contributed by atoms with Crippen LogP contribution in [0.3, 0.4) is 0 Å². The molecule has 8 heteroatoms. The highest BCUT2D eigenvalue weighted by molar-refractivity contribution is 6.33. The Morgan fingerprint density at radius 3 is 2.57 bits per heavy atom. The zero-order valence-corrected chi connectivity index (χ0v) is 13.2. The molecule has 2 aliphatic rings. The maximum absolute atomic E-state index is 12.7. The van der Waals surface area contributed by atoms with Crippen LogP contribution in [0.15, 0.2) is 12.3 Å². The summed E-state index contributed by atoms with van der Waals surface area (Å²) in [5, 5.41) is -0.0122. The Labute approximate surface area is 137 Å². The Bertz CT molecular complexity index is 604. The van der Waals surface area contributed by atoms with Gasteiger partial charge in [0.1, 0.15) is 5.82 Å². The summed E-state index contributed by atoms with van der Waals surface area (Å²) in [6, 6.07) is 0.905. The number of alkyl halides is 3. The first kappa shape index (κ1) is 16.4. The van der Waals surface area contributed by atoms with E-state index in [0.29, 0.717) is 32.0 Å². The molecule has 0 atom stereocenters. The van der Waals surface area contributed by atoms with Crippen LogP contribution in [0.5, 0.6) is 0 Å². The summed E-state index contributed by atoms with van der Waals surface area (Å²) in [6.07, 6.45) is -0.977. The third kappa shape index (κ3) is 3.71. The molecule has 2 fully saturated rings. The summed E-state index contributed by atoms with van der Waals surface area (Å²) in [4.78, 5) is 19.7. The fourth-order valence-corrected chi connectivity index (χ4v) is 3.04. The van der Waals surface area contributed by atoms with E-state index in [-0.39, 0.29) is 16.8 Å². The van der Waals surface area contributed by atoms with Gasteiger partial charge in [0.15, 0.2) is 0 Å². The van der Waals surface area contributed by atoms with Crippen LogP contribution in [-0.4, -0.2) is 42.0 Å². The topological polar surface area (TPSA) is 36.4 Å². The molecule has 1 saturated heterocycles. The number of halogens is 4. The number of hydrogen-bond acceptors (Lipinski definition) is 3. The molecule has 0 N–H and O–H groups in total. The van der Waals surface area contributed by atoms with E-state index in [1.54, 1.807) is 0 Å². The van der Waals surface area contributed by atoms with Crippen LogP contribution in [0, 0.1) is 5.92 Å². The maximum Gasteiger partial charge on any atom is 0.417 e. The average Bonchev–Trinajstić information content (AvgIpc) is 3.32. The molecule has 1 saturated carbocycles. The summed E-state index contributed by atoms with van der Waals surface area (Å²) >= 11 is 6.00. The SMILES string of the molecule is O=C(C1CC1)N1CCCN(c2ncc(C(F)(F)F)cc2Cl)CC1. The van der Waals surface area contributed by atoms with Crippen molar-refractivity contribution in [2.45, 2.75) is 25.4 Å². The zero-order chi connectivity index (χ0) is 16.6. The van der Waals surface area contributed by atoms with Crippen LogP contribution < -0.4 is 4.90 Å². The van der Waals surface area contributed by atoms with E-state index in [9.17, 15) is 18.0 Å². The quantitative estimate of drug-likeness (QED) is 0.824. The highest BCUT2D eigenvalue weighted by Crippen LogP contribution is 2.34. The average molecular weight is 348 g/mol. The summed E-state index contributed by atoms with van der Waals surface area (Å²) in [6.45, 7) is 2.36. The van der Waals surface area contributed by atoms with Crippen molar-refractivity contribution in [2.75, 3.05) is 31.1 Å². The molecule has 23 heavy (non-hydrogen) atoms. The number of aromatic nitrogens is 1. The summed E-state index contributed by atoms with van der Waals surface area (Å²) in [5.74, 6) is 0.716. The molecule has 4 nitrogen and oxygen atoms in total. The number of amides is 1. The molecule has 1 aliphatic carbocycles. The lowest BCUT2D eigenvalue weighted by Crippen LogP contribution is -2.36. The lowest BCUT2D eigenvalue weighted by atomic mass is 10.2. The Kier molecular flexibility index (Phi) is 4.40. The minimum Gasteiger partial charge on any atom is -0.354 e. The zero-order valence-electron chi connectivity index (χ0n) is 12.4. The van der Waals surface area contributed by atoms with E-state index < -0.39 is 11.7 Å². The van der Waals surface area contributed by atoms with E-state index >= 15 is 0 Å². The number of nitrogens with zero attached hydrogens (tertiary/aromatic N) is 3. The number of pyridine rings is 1. The van der Waals surface area contributed by atoms with Gasteiger partial charge in [0.05, 0.1) is 10.6 Å². The van der Waals surface area contributed by atoms with Crippen LogP contribution in [0.4, 0.5) is 19.0 Å². The second kappa shape index (κ2) is 6.19. The van der Waals surface area contributed by atoms with Crippen molar-refractivity contribution in [1.82, 2.24) is 9.88 Å². The predicted molar refractivity (Wildman–Crippen MR) is 80.4 cm³/mol. The van der Waals surface area contributed by atoms with Gasteiger partial charge in [0.25, 0.3) is 0 Å². The van der Waals surface area contributed by atoms with Crippen LogP contribution in [0.25, 0.3) is 0 Å². The van der Waals surface area contributed by atoms with Gasteiger partial charge < -0.3 is 9.80 Å². The fraction of sp³-hybridized carbons (Fsp3) is 0.600. The van der Waals surface area contributed by atoms with Gasteiger partial charge in [-0.1, -0.05) is 11.6 Å². The summed E-state index contributed by atoms with van der Waals surface area (Å²) in [5.41, 5.74) is -0.855. The molecule has 126 valence electrons. The first-order chi connectivity index (χ1) is 10.9. The summed E-state index contributed by atoms with van der Waals surface area (Å²) in [7, 11) is 0. The molecule has 3 rings (SSSR count). The normalized spacial score (nSPS) is 19.7. The van der Waals surface area contributed by atoms with E-state index in [2.05, 4.69) is 4.98 Å². The molecule has 1 aromatic rings. The first-order valence-corrected chi connectivity index (χ1v) is 8.00. The van der Waals surface area contributed by atoms with Gasteiger partial charge in [0.2, 0.25) is 5.91 Å². The molecule has 0 unspecified atom stereocenters. The van der Waals surface area contributed by atoms with Gasteiger partial charge in [-0.25, -0.2) is 4.98 Å². The molecule has 1 aliphatic heterocycles. The maximum atomic E-state index is 12.7. The molecule has 0 aromatic carbocycles. The van der Waals surface area contributed by atoms with Gasteiger partial charge in [-0.3, -0.25) is 4.79 Å². The highest BCUT2D eigenvalue weighted by Gasteiger charge is 2.35. The van der Waals surface area contributed by atoms with Gasteiger partial charge in [-0.15, -0.1) is 0 Å². The Morgan fingerprint density at radius 2 is 1.96 bits per heavy atom. The Morgan fingerprint density at radius 1 is 1.22 bits per heavy atom. The third-order valence-corrected chi connectivity index (χ3v) is 4.46. The van der Waals surface area contributed by atoms with E-state index in [1.165, 1.54) is 0 Å². The highest BCUT2D eigenvalue weighted by atomic mass is 35.5. The number of carbonyl (C=O) groups excluding carboxylic acids is 1. The number of hydrogen-bond donors (Lipinski definition) is 0. The number of carbonyl (C=O) groups is 1. The van der Waals surface area contributed by atoms with Crippen molar-refractivity contribution in [3.05, 3.63) is 22.8 Å². The van der Waals surface area contributed by atoms with Crippen molar-refractivity contribution in [1.29, 1.82) is 0 Å². The predicted octanol–water partition coefficient (Wildman–Crippen LogP) is 3.20. The molecule has 1 aromatic heterocycles. The third-order valence-electron chi connectivity index (χ3n) is 4.18. The van der Waals surface area contributed by atoms with Crippen LogP contribution >= 0.6 is 11.6 Å². The second-order valence-corrected chi connectivity index (χ2v) is 6.37. The van der Waals surface area contributed by atoms with Crippen LogP contribution in [-0.2, 0) is 11.0 Å². The van der Waals surface area contributed by atoms with Crippen LogP contribution in [0.2, 0.25) is 5.02 Å². The Balaban J connectivity index is 1.71. The van der Waals surface area contributed by atoms with Crippen molar-refractivity contribution >= 4 is 23.3 Å². The van der Waals surface area contributed by atoms with Crippen molar-refractivity contribution < 1.29 is 18.0 Å². The fourth-order valence-electron chi connectivity index (χ4n) is 2.76. The standard InChI is InChI=1S/C15H17ClF3N3O/c16-12-8-11(15(17,18)19)9-20-13(12)21-4-1-5-22(7-6-21)14(23)10-2-3-10/h8-10H,1-7H2. The number of rotatable bonds is 2. The number of anilines is 1. The minimum absolute atomic E-state index is 0.0122. The minimum atomic E-state index is -4.46. The van der Waals surface area contributed by atoms with E-state index in [4.69, 9.17) is 11.6 Å². The largest absolute Gasteiger partial charge is 0.417 e. The first-order valence-electron chi connectivity index (χ1n) is 7.63. The summed E-state index contributed by atoms with van der Waals surface area (Å²) < 4.78 is 38.0. The van der Waals surface area contributed by atoms with Gasteiger partial charge in [-0.05, 0) is 25.3 Å². The lowest BCUT2D eigenvalue weighted by Gasteiger charge is -2.24. The van der Waals surface area contributed by atoms with E-state index in [0.717, 1.165) is 31.5 Å². The monoisotopic (exact) mass is 347 g/mol. The molecular formula is C15H17ClF3N3O. The molecular weight excluding hydrogens is 331 g/mol. The molecule has 2 heterocycles. The Hall–Kier alpha value is -1.50. The van der Waals surface area contributed by atoms with E-state index in [1.807, 2.05) is 9.80 Å².